The molecule has 0 aliphatic heterocycles. The summed E-state index contributed by atoms with van der Waals surface area (Å²) in [5, 5.41) is 17.4. The second-order valence-electron chi connectivity index (χ2n) is 10.4. The number of carbonyl (C=O) groups excluding carboxylic acids is 3. The highest BCUT2D eigenvalue weighted by molar-refractivity contribution is 7.17. The first-order chi connectivity index (χ1) is 18.7. The summed E-state index contributed by atoms with van der Waals surface area (Å²) < 4.78 is 5.71. The molecular formula is C25H26B3N7O4S. The van der Waals surface area contributed by atoms with E-state index in [1.807, 2.05) is 20.8 Å². The van der Waals surface area contributed by atoms with Gasteiger partial charge in [-0.2, -0.15) is 0 Å². The maximum Gasteiger partial charge on any atom is 0.272 e. The molecule has 1 fully saturated rings. The largest absolute Gasteiger partial charge is 0.494 e. The third kappa shape index (κ3) is 7.41. The molecule has 0 spiro atoms. The van der Waals surface area contributed by atoms with Gasteiger partial charge in [0.25, 0.3) is 11.8 Å². The summed E-state index contributed by atoms with van der Waals surface area (Å²) >= 11 is 1.21. The number of hydrogen-bond acceptors (Lipinski definition) is 9. The van der Waals surface area contributed by atoms with Crippen LogP contribution in [0.2, 0.25) is 0 Å². The fourth-order valence-corrected chi connectivity index (χ4v) is 4.45. The second-order valence-corrected chi connectivity index (χ2v) is 11.4. The molecule has 1 aromatic carbocycles. The molecule has 1 saturated carbocycles. The van der Waals surface area contributed by atoms with Crippen LogP contribution in [0.4, 0.5) is 17.2 Å². The molecular weight excluding hydrogens is 527 g/mol. The zero-order chi connectivity index (χ0) is 29.2. The Bertz CT molecular complexity index is 1450. The Morgan fingerprint density at radius 1 is 1.02 bits per heavy atom. The summed E-state index contributed by atoms with van der Waals surface area (Å²) in [6.45, 7) is 5.68. The number of anilines is 3. The number of benzene rings is 1. The van der Waals surface area contributed by atoms with Crippen molar-refractivity contribution in [3.63, 3.8) is 0 Å². The number of ether oxygens (including phenoxy) is 1. The lowest BCUT2D eigenvalue weighted by atomic mass is 9.49. The van der Waals surface area contributed by atoms with E-state index in [1.54, 1.807) is 18.2 Å². The Morgan fingerprint density at radius 3 is 2.38 bits per heavy atom. The Labute approximate surface area is 239 Å². The van der Waals surface area contributed by atoms with Crippen LogP contribution >= 0.6 is 11.3 Å². The predicted molar refractivity (Wildman–Crippen MR) is 155 cm³/mol. The first-order valence-corrected chi connectivity index (χ1v) is 13.2. The van der Waals surface area contributed by atoms with Gasteiger partial charge in [-0.25, -0.2) is 4.98 Å². The SMILES string of the molecule is [B]C([B])([B])NC(=O)c1nnc(NC(=O)C2CC2)cc1Nc1cccc(-c2ncc(C(=O)NC(C)(C)C)s2)c1OC. The number of carbonyl (C=O) groups is 3. The van der Waals surface area contributed by atoms with Crippen molar-refractivity contribution in [2.45, 2.75) is 44.4 Å². The number of aromatic nitrogens is 3. The van der Waals surface area contributed by atoms with Crippen molar-refractivity contribution in [3.05, 3.63) is 41.0 Å². The van der Waals surface area contributed by atoms with Gasteiger partial charge in [-0.1, -0.05) is 11.3 Å². The van der Waals surface area contributed by atoms with Crippen molar-refractivity contribution in [1.29, 1.82) is 0 Å². The van der Waals surface area contributed by atoms with E-state index in [-0.39, 0.29) is 34.9 Å². The number of thiazole rings is 1. The molecule has 1 aliphatic rings. The molecule has 1 aliphatic carbocycles. The predicted octanol–water partition coefficient (Wildman–Crippen LogP) is 2.08. The van der Waals surface area contributed by atoms with Crippen LogP contribution in [0.1, 0.15) is 53.8 Å². The van der Waals surface area contributed by atoms with Crippen molar-refractivity contribution in [1.82, 2.24) is 25.8 Å². The van der Waals surface area contributed by atoms with Crippen LogP contribution < -0.4 is 26.0 Å². The minimum Gasteiger partial charge on any atom is -0.494 e. The van der Waals surface area contributed by atoms with E-state index >= 15 is 0 Å². The Kier molecular flexibility index (Phi) is 8.24. The van der Waals surface area contributed by atoms with Crippen molar-refractivity contribution >= 4 is 69.8 Å². The van der Waals surface area contributed by atoms with Crippen molar-refractivity contribution in [2.75, 3.05) is 17.7 Å². The van der Waals surface area contributed by atoms with E-state index in [2.05, 4.69) is 36.4 Å². The normalized spacial score (nSPS) is 13.3. The summed E-state index contributed by atoms with van der Waals surface area (Å²) in [5.41, 5.74) is 0.629. The second kappa shape index (κ2) is 11.3. The molecule has 2 aromatic heterocycles. The van der Waals surface area contributed by atoms with E-state index < -0.39 is 16.7 Å². The highest BCUT2D eigenvalue weighted by atomic mass is 32.1. The third-order valence-corrected chi connectivity index (χ3v) is 6.50. The van der Waals surface area contributed by atoms with Crippen LogP contribution in [0, 0.1) is 5.92 Å². The maximum atomic E-state index is 12.9. The number of nitrogens with zero attached hydrogens (tertiary/aromatic N) is 3. The van der Waals surface area contributed by atoms with Crippen LogP contribution in [0.25, 0.3) is 10.6 Å². The van der Waals surface area contributed by atoms with E-state index in [1.165, 1.54) is 30.7 Å². The molecule has 0 bridgehead atoms. The van der Waals surface area contributed by atoms with Crippen LogP contribution in [-0.4, -0.2) is 74.3 Å². The van der Waals surface area contributed by atoms with Gasteiger partial charge in [-0.15, -0.1) is 21.5 Å². The van der Waals surface area contributed by atoms with E-state index in [9.17, 15) is 14.4 Å². The van der Waals surface area contributed by atoms with Gasteiger partial charge in [-0.3, -0.25) is 14.4 Å². The third-order valence-electron chi connectivity index (χ3n) is 5.48. The Morgan fingerprint density at radius 2 is 1.75 bits per heavy atom. The van der Waals surface area contributed by atoms with Gasteiger partial charge in [0.15, 0.2) is 17.3 Å². The van der Waals surface area contributed by atoms with Gasteiger partial charge in [0.2, 0.25) is 5.91 Å². The van der Waals surface area contributed by atoms with E-state index in [0.29, 0.717) is 26.9 Å². The zero-order valence-electron chi connectivity index (χ0n) is 22.5. The van der Waals surface area contributed by atoms with Crippen LogP contribution in [0.15, 0.2) is 30.5 Å². The van der Waals surface area contributed by atoms with Gasteiger partial charge in [-0.05, 0) is 45.7 Å². The van der Waals surface area contributed by atoms with Gasteiger partial charge < -0.3 is 26.0 Å². The molecule has 4 rings (SSSR count). The number of amides is 3. The number of hydrogen-bond donors (Lipinski definition) is 4. The van der Waals surface area contributed by atoms with Crippen molar-refractivity contribution < 1.29 is 19.1 Å². The Hall–Kier alpha value is -3.87. The quantitative estimate of drug-likeness (QED) is 0.295. The molecule has 11 nitrogen and oxygen atoms in total. The number of para-hydroxylation sites is 1. The molecule has 0 saturated heterocycles. The van der Waals surface area contributed by atoms with Crippen molar-refractivity contribution in [2.24, 2.45) is 5.92 Å². The molecule has 0 atom stereocenters. The van der Waals surface area contributed by atoms with Gasteiger partial charge in [0, 0.05) is 17.5 Å². The minimum atomic E-state index is -2.01. The summed E-state index contributed by atoms with van der Waals surface area (Å²) in [6.07, 6.45) is 3.11. The fraction of sp³-hybridized carbons (Fsp3) is 0.360. The standard InChI is InChI=1S/C25H26B3N7O4S/c1-24(2,3)32-21(37)16-11-29-23(40-16)13-6-5-7-14(19(13)39-4)30-15-10-17(31-20(36)12-8-9-12)34-35-18(15)22(38)33-25(26,27)28/h5-7,10-12H,8-9H2,1-4H3,(H,32,37)(H,33,38)(H2,30,31,34,36). The lowest BCUT2D eigenvalue weighted by Gasteiger charge is -2.23. The van der Waals surface area contributed by atoms with Crippen molar-refractivity contribution in [3.8, 4) is 16.3 Å². The molecule has 3 amide bonds. The molecule has 6 radical (unpaired) electrons. The first kappa shape index (κ1) is 29.1. The molecule has 200 valence electrons. The van der Waals surface area contributed by atoms with Crippen LogP contribution in [0.5, 0.6) is 5.75 Å². The summed E-state index contributed by atoms with van der Waals surface area (Å²) in [7, 11) is 18.1. The topological polar surface area (TPSA) is 147 Å². The fourth-order valence-electron chi connectivity index (χ4n) is 3.62. The minimum absolute atomic E-state index is 0.0704. The average molecular weight is 553 g/mol. The number of rotatable bonds is 9. The zero-order valence-corrected chi connectivity index (χ0v) is 23.3. The van der Waals surface area contributed by atoms with Crippen LogP contribution in [0.3, 0.4) is 0 Å². The van der Waals surface area contributed by atoms with E-state index in [0.717, 1.165) is 12.8 Å². The highest BCUT2D eigenvalue weighted by Crippen LogP contribution is 2.40. The monoisotopic (exact) mass is 553 g/mol. The smallest absolute Gasteiger partial charge is 0.272 e. The molecule has 2 heterocycles. The summed E-state index contributed by atoms with van der Waals surface area (Å²) in [4.78, 5) is 42.7. The average Bonchev–Trinajstić information content (AvgIpc) is 3.58. The lowest BCUT2D eigenvalue weighted by molar-refractivity contribution is -0.117. The molecule has 15 heteroatoms. The molecule has 4 N–H and O–H groups in total. The van der Waals surface area contributed by atoms with Gasteiger partial charge >= 0.3 is 0 Å². The van der Waals surface area contributed by atoms with Gasteiger partial charge in [0.1, 0.15) is 9.88 Å². The maximum absolute atomic E-state index is 12.9. The molecule has 0 unspecified atom stereocenters. The molecule has 3 aromatic rings. The summed E-state index contributed by atoms with van der Waals surface area (Å²) in [5.74, 6) is -0.764. The first-order valence-electron chi connectivity index (χ1n) is 12.3. The lowest BCUT2D eigenvalue weighted by Crippen LogP contribution is -2.50. The molecule has 40 heavy (non-hydrogen) atoms. The summed E-state index contributed by atoms with van der Waals surface area (Å²) in [6, 6.07) is 6.72. The number of methoxy groups -OCH3 is 1. The highest BCUT2D eigenvalue weighted by Gasteiger charge is 2.30. The number of nitrogens with one attached hydrogen (secondary N) is 4. The Balaban J connectivity index is 1.69. The van der Waals surface area contributed by atoms with Crippen LogP contribution in [-0.2, 0) is 4.79 Å². The van der Waals surface area contributed by atoms with Gasteiger partial charge in [0.05, 0.1) is 53.8 Å². The van der Waals surface area contributed by atoms with E-state index in [4.69, 9.17) is 28.3 Å².